The number of rotatable bonds is 5. The third kappa shape index (κ3) is 4.33. The van der Waals surface area contributed by atoms with Crippen LogP contribution in [-0.2, 0) is 21.4 Å². The number of carbonyl (C=O) groups excluding carboxylic acids is 1. The number of carbonyl (C=O) groups is 1. The molecule has 0 saturated carbocycles. The molecule has 6 nitrogen and oxygen atoms in total. The first kappa shape index (κ1) is 20.0. The lowest BCUT2D eigenvalue weighted by atomic mass is 9.97. The summed E-state index contributed by atoms with van der Waals surface area (Å²) in [6.45, 7) is 4.90. The molecule has 0 spiro atoms. The van der Waals surface area contributed by atoms with E-state index in [9.17, 15) is 13.2 Å². The van der Waals surface area contributed by atoms with Gasteiger partial charge in [-0.25, -0.2) is 8.42 Å². The highest BCUT2D eigenvalue weighted by molar-refractivity contribution is 7.91. The fourth-order valence-electron chi connectivity index (χ4n) is 3.93. The van der Waals surface area contributed by atoms with E-state index in [4.69, 9.17) is 0 Å². The van der Waals surface area contributed by atoms with Gasteiger partial charge in [-0.05, 0) is 46.7 Å². The van der Waals surface area contributed by atoms with Crippen LogP contribution in [0.25, 0.3) is 0 Å². The number of amides is 1. The molecule has 2 aromatic heterocycles. The summed E-state index contributed by atoms with van der Waals surface area (Å²) < 4.78 is 27.4. The van der Waals surface area contributed by atoms with E-state index in [-0.39, 0.29) is 11.8 Å². The molecular weight excluding hydrogens is 414 g/mol. The van der Waals surface area contributed by atoms with Crippen LogP contribution < -0.4 is 0 Å². The van der Waals surface area contributed by atoms with Crippen molar-refractivity contribution in [2.45, 2.75) is 23.6 Å². The van der Waals surface area contributed by atoms with Crippen LogP contribution in [0, 0.1) is 5.92 Å². The maximum absolute atomic E-state index is 13.0. The van der Waals surface area contributed by atoms with Crippen molar-refractivity contribution < 1.29 is 13.2 Å². The monoisotopic (exact) mass is 439 g/mol. The molecule has 1 atom stereocenters. The Labute approximate surface area is 174 Å². The van der Waals surface area contributed by atoms with Crippen molar-refractivity contribution in [3.63, 3.8) is 0 Å². The van der Waals surface area contributed by atoms with Gasteiger partial charge >= 0.3 is 0 Å². The number of thiophene rings is 2. The van der Waals surface area contributed by atoms with Crippen LogP contribution in [-0.4, -0.2) is 67.7 Å². The predicted octanol–water partition coefficient (Wildman–Crippen LogP) is 2.55. The minimum Gasteiger partial charge on any atom is -0.340 e. The van der Waals surface area contributed by atoms with Crippen LogP contribution in [0.4, 0.5) is 0 Å². The van der Waals surface area contributed by atoms with Crippen molar-refractivity contribution in [3.8, 4) is 0 Å². The molecule has 2 aromatic rings. The van der Waals surface area contributed by atoms with Crippen LogP contribution in [0.5, 0.6) is 0 Å². The zero-order valence-electron chi connectivity index (χ0n) is 15.7. The van der Waals surface area contributed by atoms with Gasteiger partial charge in [0.05, 0.1) is 5.92 Å². The van der Waals surface area contributed by atoms with E-state index < -0.39 is 10.0 Å². The SMILES string of the molecule is O=C(C1CCCN(S(=O)(=O)c2cccs2)C1)N1CCN(Cc2ccsc2)CC1. The van der Waals surface area contributed by atoms with Gasteiger partial charge in [0.25, 0.3) is 10.0 Å². The molecule has 152 valence electrons. The van der Waals surface area contributed by atoms with Gasteiger partial charge in [-0.3, -0.25) is 9.69 Å². The molecular formula is C19H25N3O3S3. The van der Waals surface area contributed by atoms with Crippen LogP contribution in [0.2, 0.25) is 0 Å². The van der Waals surface area contributed by atoms with Gasteiger partial charge in [-0.15, -0.1) is 11.3 Å². The molecule has 28 heavy (non-hydrogen) atoms. The second-order valence-electron chi connectivity index (χ2n) is 7.37. The molecule has 2 saturated heterocycles. The second kappa shape index (κ2) is 8.62. The van der Waals surface area contributed by atoms with Gasteiger partial charge in [0.15, 0.2) is 0 Å². The summed E-state index contributed by atoms with van der Waals surface area (Å²) in [5.74, 6) is -0.117. The molecule has 1 amide bonds. The lowest BCUT2D eigenvalue weighted by molar-refractivity contribution is -0.138. The standard InChI is InChI=1S/C19H25N3O3S3/c23-19(21-9-7-20(8-10-21)13-16-5-12-26-15-16)17-3-1-6-22(14-17)28(24,25)18-4-2-11-27-18/h2,4-5,11-12,15,17H,1,3,6-10,13-14H2. The molecule has 9 heteroatoms. The predicted molar refractivity (Wildman–Crippen MR) is 112 cm³/mol. The first-order chi connectivity index (χ1) is 13.5. The van der Waals surface area contributed by atoms with Crippen LogP contribution in [0.15, 0.2) is 38.5 Å². The van der Waals surface area contributed by atoms with Crippen molar-refractivity contribution >= 4 is 38.6 Å². The molecule has 1 unspecified atom stereocenters. The summed E-state index contributed by atoms with van der Waals surface area (Å²) in [5, 5.41) is 6.03. The highest BCUT2D eigenvalue weighted by Gasteiger charge is 2.36. The molecule has 0 aliphatic carbocycles. The molecule has 0 bridgehead atoms. The Hall–Kier alpha value is -1.26. The Morgan fingerprint density at radius 1 is 1.11 bits per heavy atom. The van der Waals surface area contributed by atoms with Gasteiger partial charge < -0.3 is 4.90 Å². The van der Waals surface area contributed by atoms with Gasteiger partial charge in [0.1, 0.15) is 4.21 Å². The van der Waals surface area contributed by atoms with Crippen molar-refractivity contribution in [1.82, 2.24) is 14.1 Å². The van der Waals surface area contributed by atoms with Gasteiger partial charge in [-0.2, -0.15) is 15.6 Å². The number of piperidine rings is 1. The number of hydrogen-bond acceptors (Lipinski definition) is 6. The molecule has 0 radical (unpaired) electrons. The largest absolute Gasteiger partial charge is 0.340 e. The highest BCUT2D eigenvalue weighted by Crippen LogP contribution is 2.27. The first-order valence-electron chi connectivity index (χ1n) is 9.60. The van der Waals surface area contributed by atoms with Crippen molar-refractivity contribution in [2.24, 2.45) is 5.92 Å². The summed E-state index contributed by atoms with van der Waals surface area (Å²) in [4.78, 5) is 17.3. The average molecular weight is 440 g/mol. The normalized spacial score (nSPS) is 22.4. The second-order valence-corrected chi connectivity index (χ2v) is 11.3. The smallest absolute Gasteiger partial charge is 0.252 e. The quantitative estimate of drug-likeness (QED) is 0.718. The van der Waals surface area contributed by atoms with E-state index in [1.54, 1.807) is 28.8 Å². The van der Waals surface area contributed by atoms with E-state index in [0.717, 1.165) is 45.6 Å². The Balaban J connectivity index is 1.33. The maximum atomic E-state index is 13.0. The Bertz CT molecular complexity index is 873. The van der Waals surface area contributed by atoms with E-state index in [1.807, 2.05) is 4.90 Å². The molecule has 2 aliphatic heterocycles. The molecule has 0 aromatic carbocycles. The lowest BCUT2D eigenvalue weighted by Crippen LogP contribution is -2.52. The van der Waals surface area contributed by atoms with Crippen LogP contribution in [0.3, 0.4) is 0 Å². The average Bonchev–Trinajstić information content (AvgIpc) is 3.43. The highest BCUT2D eigenvalue weighted by atomic mass is 32.2. The number of piperazine rings is 1. The minimum absolute atomic E-state index is 0.112. The summed E-state index contributed by atoms with van der Waals surface area (Å²) in [5.41, 5.74) is 1.33. The summed E-state index contributed by atoms with van der Waals surface area (Å²) >= 11 is 2.94. The third-order valence-electron chi connectivity index (χ3n) is 5.49. The number of nitrogens with zero attached hydrogens (tertiary/aromatic N) is 3. The minimum atomic E-state index is -3.48. The molecule has 0 N–H and O–H groups in total. The third-order valence-corrected chi connectivity index (χ3v) is 9.46. The van der Waals surface area contributed by atoms with Crippen LogP contribution in [0.1, 0.15) is 18.4 Å². The van der Waals surface area contributed by atoms with Crippen molar-refractivity contribution in [1.29, 1.82) is 0 Å². The van der Waals surface area contributed by atoms with Gasteiger partial charge in [-0.1, -0.05) is 6.07 Å². The van der Waals surface area contributed by atoms with E-state index in [0.29, 0.717) is 17.3 Å². The van der Waals surface area contributed by atoms with E-state index in [1.165, 1.54) is 21.2 Å². The molecule has 4 rings (SSSR count). The van der Waals surface area contributed by atoms with Gasteiger partial charge in [0.2, 0.25) is 5.91 Å². The molecule has 2 aliphatic rings. The summed E-state index contributed by atoms with van der Waals surface area (Å²) in [6, 6.07) is 5.53. The number of hydrogen-bond donors (Lipinski definition) is 0. The van der Waals surface area contributed by atoms with Crippen LogP contribution >= 0.6 is 22.7 Å². The summed E-state index contributed by atoms with van der Waals surface area (Å²) in [6.07, 6.45) is 1.50. The molecule has 2 fully saturated rings. The fourth-order valence-corrected chi connectivity index (χ4v) is 7.25. The summed E-state index contributed by atoms with van der Waals surface area (Å²) in [7, 11) is -3.48. The van der Waals surface area contributed by atoms with Gasteiger partial charge in [0, 0.05) is 45.8 Å². The zero-order valence-corrected chi connectivity index (χ0v) is 18.1. The van der Waals surface area contributed by atoms with Crippen molar-refractivity contribution in [3.05, 3.63) is 39.9 Å². The fraction of sp³-hybridized carbons (Fsp3) is 0.526. The van der Waals surface area contributed by atoms with E-state index in [2.05, 4.69) is 21.7 Å². The Kier molecular flexibility index (Phi) is 6.17. The lowest BCUT2D eigenvalue weighted by Gasteiger charge is -2.38. The van der Waals surface area contributed by atoms with Crippen molar-refractivity contribution in [2.75, 3.05) is 39.3 Å². The maximum Gasteiger partial charge on any atom is 0.252 e. The Morgan fingerprint density at radius 2 is 1.93 bits per heavy atom. The first-order valence-corrected chi connectivity index (χ1v) is 12.9. The topological polar surface area (TPSA) is 60.9 Å². The zero-order chi connectivity index (χ0) is 19.6. The Morgan fingerprint density at radius 3 is 2.61 bits per heavy atom. The molecule has 4 heterocycles. The van der Waals surface area contributed by atoms with E-state index >= 15 is 0 Å². The number of sulfonamides is 1.